The summed E-state index contributed by atoms with van der Waals surface area (Å²) in [5.41, 5.74) is 7.79. The minimum Gasteiger partial charge on any atom is -0.378 e. The van der Waals surface area contributed by atoms with Crippen molar-refractivity contribution < 1.29 is 4.74 Å². The van der Waals surface area contributed by atoms with Gasteiger partial charge in [-0.2, -0.15) is 17.0 Å². The zero-order valence-electron chi connectivity index (χ0n) is 12.4. The molecule has 1 aliphatic rings. The first-order valence-corrected chi connectivity index (χ1v) is 8.15. The van der Waals surface area contributed by atoms with Crippen molar-refractivity contribution in [3.05, 3.63) is 35.4 Å². The van der Waals surface area contributed by atoms with E-state index in [1.165, 1.54) is 0 Å². The molecule has 1 aliphatic heterocycles. The first-order valence-electron chi connectivity index (χ1n) is 6.99. The van der Waals surface area contributed by atoms with Gasteiger partial charge in [0, 0.05) is 24.6 Å². The number of nitrogens with two attached hydrogens (primary N) is 1. The van der Waals surface area contributed by atoms with Crippen LogP contribution in [0.3, 0.4) is 0 Å². The van der Waals surface area contributed by atoms with Gasteiger partial charge in [-0.3, -0.25) is 4.99 Å². The van der Waals surface area contributed by atoms with Crippen molar-refractivity contribution in [2.75, 3.05) is 38.6 Å². The van der Waals surface area contributed by atoms with Gasteiger partial charge in [-0.15, -0.1) is 24.0 Å². The van der Waals surface area contributed by atoms with Crippen LogP contribution in [-0.2, 0) is 10.5 Å². The molecule has 120 valence electrons. The topological polar surface area (TPSA) is 74.6 Å². The molecule has 0 atom stereocenters. The van der Waals surface area contributed by atoms with Gasteiger partial charge in [-0.1, -0.05) is 18.2 Å². The number of nitrogens with zero attached hydrogens (tertiary/aromatic N) is 3. The fraction of sp³-hybridized carbons (Fsp3) is 0.467. The molecule has 0 saturated carbocycles. The van der Waals surface area contributed by atoms with Crippen molar-refractivity contribution in [2.24, 2.45) is 10.7 Å². The molecular formula is C15H21IN4OS. The molecule has 7 heteroatoms. The summed E-state index contributed by atoms with van der Waals surface area (Å²) < 4.78 is 5.28. The fourth-order valence-corrected chi connectivity index (χ4v) is 2.89. The Kier molecular flexibility index (Phi) is 9.27. The van der Waals surface area contributed by atoms with Gasteiger partial charge >= 0.3 is 0 Å². The number of nitriles is 1. The second kappa shape index (κ2) is 10.7. The molecular weight excluding hydrogens is 411 g/mol. The van der Waals surface area contributed by atoms with Crippen LogP contribution in [0, 0.1) is 11.3 Å². The van der Waals surface area contributed by atoms with E-state index in [0.717, 1.165) is 48.9 Å². The minimum atomic E-state index is 0. The number of halogens is 1. The van der Waals surface area contributed by atoms with Crippen LogP contribution in [0.2, 0.25) is 0 Å². The molecule has 0 amide bonds. The van der Waals surface area contributed by atoms with E-state index in [0.29, 0.717) is 12.5 Å². The number of hydrogen-bond acceptors (Lipinski definition) is 4. The molecule has 0 unspecified atom stereocenters. The fourth-order valence-electron chi connectivity index (χ4n) is 2.05. The number of ether oxygens (including phenoxy) is 1. The summed E-state index contributed by atoms with van der Waals surface area (Å²) in [4.78, 5) is 6.46. The predicted octanol–water partition coefficient (Wildman–Crippen LogP) is 2.06. The lowest BCUT2D eigenvalue weighted by Gasteiger charge is -2.27. The average Bonchev–Trinajstić information content (AvgIpc) is 2.55. The summed E-state index contributed by atoms with van der Waals surface area (Å²) in [6.07, 6.45) is 0. The maximum absolute atomic E-state index is 9.02. The second-order valence-corrected chi connectivity index (χ2v) is 5.77. The van der Waals surface area contributed by atoms with Crippen molar-refractivity contribution in [1.29, 1.82) is 5.26 Å². The first-order chi connectivity index (χ1) is 10.3. The zero-order valence-corrected chi connectivity index (χ0v) is 15.5. The van der Waals surface area contributed by atoms with Gasteiger partial charge in [0.15, 0.2) is 5.96 Å². The number of benzene rings is 1. The van der Waals surface area contributed by atoms with Crippen molar-refractivity contribution in [1.82, 2.24) is 4.90 Å². The standard InChI is InChI=1S/C15H20N4OS.HI/c16-11-13-3-1-2-4-14(13)12-21-10-5-18-15(17)19-6-8-20-9-7-19;/h1-4H,5-10,12H2,(H2,17,18);1H. The molecule has 1 aromatic carbocycles. The minimum absolute atomic E-state index is 0. The highest BCUT2D eigenvalue weighted by atomic mass is 127. The van der Waals surface area contributed by atoms with E-state index in [1.807, 2.05) is 24.3 Å². The molecule has 22 heavy (non-hydrogen) atoms. The summed E-state index contributed by atoms with van der Waals surface area (Å²) in [5, 5.41) is 9.02. The van der Waals surface area contributed by atoms with Gasteiger partial charge in [-0.25, -0.2) is 0 Å². The van der Waals surface area contributed by atoms with Crippen LogP contribution in [0.1, 0.15) is 11.1 Å². The Morgan fingerprint density at radius 2 is 2.09 bits per heavy atom. The lowest BCUT2D eigenvalue weighted by Crippen LogP contribution is -2.44. The van der Waals surface area contributed by atoms with Gasteiger partial charge in [-0.05, 0) is 11.6 Å². The Morgan fingerprint density at radius 1 is 1.36 bits per heavy atom. The largest absolute Gasteiger partial charge is 0.378 e. The van der Waals surface area contributed by atoms with Crippen molar-refractivity contribution >= 4 is 41.7 Å². The molecule has 1 fully saturated rings. The number of aliphatic imine (C=N–C) groups is 1. The highest BCUT2D eigenvalue weighted by molar-refractivity contribution is 14.0. The van der Waals surface area contributed by atoms with Gasteiger partial charge in [0.05, 0.1) is 31.4 Å². The van der Waals surface area contributed by atoms with Crippen LogP contribution >= 0.6 is 35.7 Å². The number of morpholine rings is 1. The molecule has 0 aliphatic carbocycles. The lowest BCUT2D eigenvalue weighted by atomic mass is 10.1. The smallest absolute Gasteiger partial charge is 0.191 e. The van der Waals surface area contributed by atoms with E-state index < -0.39 is 0 Å². The van der Waals surface area contributed by atoms with Crippen LogP contribution in [0.4, 0.5) is 0 Å². The second-order valence-electron chi connectivity index (χ2n) is 4.66. The van der Waals surface area contributed by atoms with E-state index in [-0.39, 0.29) is 24.0 Å². The number of guanidine groups is 1. The van der Waals surface area contributed by atoms with Crippen LogP contribution in [0.15, 0.2) is 29.3 Å². The Hall–Kier alpha value is -0.980. The number of rotatable bonds is 5. The normalized spacial score (nSPS) is 15.0. The van der Waals surface area contributed by atoms with E-state index in [9.17, 15) is 0 Å². The molecule has 0 radical (unpaired) electrons. The van der Waals surface area contributed by atoms with E-state index in [4.69, 9.17) is 15.7 Å². The maximum Gasteiger partial charge on any atom is 0.191 e. The molecule has 1 aromatic rings. The Labute approximate surface area is 152 Å². The van der Waals surface area contributed by atoms with Gasteiger partial charge in [0.25, 0.3) is 0 Å². The highest BCUT2D eigenvalue weighted by Crippen LogP contribution is 2.15. The maximum atomic E-state index is 9.02. The molecule has 5 nitrogen and oxygen atoms in total. The Bertz CT molecular complexity index is 527. The highest BCUT2D eigenvalue weighted by Gasteiger charge is 2.11. The summed E-state index contributed by atoms with van der Waals surface area (Å²) in [7, 11) is 0. The van der Waals surface area contributed by atoms with E-state index in [2.05, 4.69) is 16.0 Å². The molecule has 2 N–H and O–H groups in total. The third-order valence-electron chi connectivity index (χ3n) is 3.24. The summed E-state index contributed by atoms with van der Waals surface area (Å²) in [6.45, 7) is 3.77. The predicted molar refractivity (Wildman–Crippen MR) is 102 cm³/mol. The van der Waals surface area contributed by atoms with Crippen molar-refractivity contribution in [3.8, 4) is 6.07 Å². The molecule has 1 heterocycles. The first kappa shape index (κ1) is 19.1. The van der Waals surface area contributed by atoms with Crippen LogP contribution in [-0.4, -0.2) is 49.5 Å². The van der Waals surface area contributed by atoms with E-state index >= 15 is 0 Å². The van der Waals surface area contributed by atoms with E-state index in [1.54, 1.807) is 11.8 Å². The van der Waals surface area contributed by atoms with Crippen LogP contribution in [0.25, 0.3) is 0 Å². The Balaban J connectivity index is 0.00000242. The average molecular weight is 432 g/mol. The third kappa shape index (κ3) is 6.02. The molecule has 0 spiro atoms. The molecule has 0 aromatic heterocycles. The SMILES string of the molecule is I.N#Cc1ccccc1CSCCN=C(N)N1CCOCC1. The van der Waals surface area contributed by atoms with Crippen LogP contribution < -0.4 is 5.73 Å². The summed E-state index contributed by atoms with van der Waals surface area (Å²) in [5.74, 6) is 2.33. The lowest BCUT2D eigenvalue weighted by molar-refractivity contribution is 0.0674. The molecule has 1 saturated heterocycles. The van der Waals surface area contributed by atoms with Gasteiger partial charge < -0.3 is 15.4 Å². The number of hydrogen-bond donors (Lipinski definition) is 1. The quantitative estimate of drug-likeness (QED) is 0.334. The summed E-state index contributed by atoms with van der Waals surface area (Å²) >= 11 is 1.77. The third-order valence-corrected chi connectivity index (χ3v) is 4.23. The van der Waals surface area contributed by atoms with Crippen molar-refractivity contribution in [2.45, 2.75) is 5.75 Å². The van der Waals surface area contributed by atoms with Crippen molar-refractivity contribution in [3.63, 3.8) is 0 Å². The van der Waals surface area contributed by atoms with Crippen LogP contribution in [0.5, 0.6) is 0 Å². The molecule has 2 rings (SSSR count). The zero-order chi connectivity index (χ0) is 14.9. The van der Waals surface area contributed by atoms with Gasteiger partial charge in [0.1, 0.15) is 0 Å². The summed E-state index contributed by atoms with van der Waals surface area (Å²) in [6, 6.07) is 9.92. The monoisotopic (exact) mass is 432 g/mol. The Morgan fingerprint density at radius 3 is 2.82 bits per heavy atom. The van der Waals surface area contributed by atoms with Gasteiger partial charge in [0.2, 0.25) is 0 Å². The number of thioether (sulfide) groups is 1. The molecule has 0 bridgehead atoms.